The number of nitrogens with one attached hydrogen (secondary N) is 3. The molecule has 0 saturated heterocycles. The molecule has 2 aliphatic carbocycles. The molecule has 6 rings (SSSR count). The van der Waals surface area contributed by atoms with Crippen LogP contribution < -0.4 is 21.7 Å². The minimum Gasteiger partial charge on any atom is -0.444 e. The van der Waals surface area contributed by atoms with Crippen LogP contribution in [0, 0.1) is 0 Å². The molecular weight excluding hydrogens is 730 g/mol. The molecule has 4 aromatic rings. The number of halogens is 7. The van der Waals surface area contributed by atoms with E-state index in [0.717, 1.165) is 54.8 Å². The van der Waals surface area contributed by atoms with Gasteiger partial charge in [0.15, 0.2) is 0 Å². The lowest BCUT2D eigenvalue weighted by Crippen LogP contribution is -2.38. The van der Waals surface area contributed by atoms with Crippen molar-refractivity contribution in [2.24, 2.45) is 5.73 Å². The number of rotatable bonds is 7. The molecule has 50 heavy (non-hydrogen) atoms. The minimum absolute atomic E-state index is 0. The van der Waals surface area contributed by atoms with Gasteiger partial charge in [-0.15, -0.1) is 35.1 Å². The van der Waals surface area contributed by atoms with Crippen LogP contribution in [0.3, 0.4) is 0 Å². The Hall–Kier alpha value is -3.22. The standard InChI is InChI=1S/C18H23F3N4O2S.C13H15F3N4S.ClH/c1-17(2,3)27-16(26)25-11-5-4-10(6-11)24-14-13-7-12(8-18(19,20)21)28-15(13)23-9-22-14;14-13(15,16)5-9-4-10-11(18-6-19-12(10)21-9)20-8-2-1-7(17)3-8;/h7,9-11H,4-6,8H2,1-3H3,(H,25,26)(H,22,23,24);4,6-8H,1-3,5,17H2,(H,18,19,20);1H/t10-,11-;7-,8-;/m11./s1. The molecule has 5 N–H and O–H groups in total. The van der Waals surface area contributed by atoms with Gasteiger partial charge in [0.2, 0.25) is 0 Å². The molecule has 4 atom stereocenters. The van der Waals surface area contributed by atoms with Crippen molar-refractivity contribution in [3.05, 3.63) is 34.5 Å². The third-order valence-corrected chi connectivity index (χ3v) is 9.90. The average molecular weight is 769 g/mol. The predicted octanol–water partition coefficient (Wildman–Crippen LogP) is 8.16. The second kappa shape index (κ2) is 16.0. The van der Waals surface area contributed by atoms with Crippen molar-refractivity contribution in [2.45, 2.75) is 114 Å². The third kappa shape index (κ3) is 11.7. The number of hydrogen-bond donors (Lipinski definition) is 4. The molecule has 0 aliphatic heterocycles. The van der Waals surface area contributed by atoms with Gasteiger partial charge < -0.3 is 26.4 Å². The van der Waals surface area contributed by atoms with Crippen LogP contribution in [0.15, 0.2) is 24.8 Å². The molecule has 0 bridgehead atoms. The normalized spacial score (nSPS) is 21.0. The number of nitrogens with two attached hydrogens (primary N) is 1. The first kappa shape index (κ1) is 39.6. The summed E-state index contributed by atoms with van der Waals surface area (Å²) < 4.78 is 80.7. The summed E-state index contributed by atoms with van der Waals surface area (Å²) in [7, 11) is 0. The molecule has 276 valence electrons. The molecule has 0 unspecified atom stereocenters. The first-order valence-corrected chi connectivity index (χ1v) is 17.4. The molecule has 2 aliphatic rings. The zero-order valence-corrected chi connectivity index (χ0v) is 29.9. The topological polar surface area (TPSA) is 140 Å². The Bertz CT molecular complexity index is 1750. The first-order valence-electron chi connectivity index (χ1n) is 15.8. The highest BCUT2D eigenvalue weighted by Gasteiger charge is 2.31. The van der Waals surface area contributed by atoms with Crippen LogP contribution in [-0.2, 0) is 17.6 Å². The van der Waals surface area contributed by atoms with E-state index in [-0.39, 0.29) is 46.3 Å². The first-order chi connectivity index (χ1) is 22.9. The summed E-state index contributed by atoms with van der Waals surface area (Å²) in [6.07, 6.45) is -3.04. The van der Waals surface area contributed by atoms with Gasteiger partial charge in [-0.2, -0.15) is 26.3 Å². The van der Waals surface area contributed by atoms with Crippen molar-refractivity contribution in [1.82, 2.24) is 25.3 Å². The van der Waals surface area contributed by atoms with Crippen LogP contribution in [0.4, 0.5) is 42.8 Å². The van der Waals surface area contributed by atoms with E-state index in [2.05, 4.69) is 35.9 Å². The summed E-state index contributed by atoms with van der Waals surface area (Å²) >= 11 is 2.09. The highest BCUT2D eigenvalue weighted by Crippen LogP contribution is 2.35. The van der Waals surface area contributed by atoms with Gasteiger partial charge in [-0.05, 0) is 71.4 Å². The quantitative estimate of drug-likeness (QED) is 0.137. The Morgan fingerprint density at radius 2 is 1.24 bits per heavy atom. The molecule has 1 amide bonds. The van der Waals surface area contributed by atoms with Crippen molar-refractivity contribution in [3.8, 4) is 0 Å². The van der Waals surface area contributed by atoms with E-state index >= 15 is 0 Å². The van der Waals surface area contributed by atoms with Crippen LogP contribution >= 0.6 is 35.1 Å². The van der Waals surface area contributed by atoms with Crippen molar-refractivity contribution >= 4 is 73.2 Å². The SMILES string of the molecule is CC(C)(C)OC(=O)N[C@@H]1CC[C@@H](Nc2ncnc3sc(CC(F)(F)F)cc23)C1.Cl.N[C@@H]1CC[C@@H](Nc2ncnc3sc(CC(F)(F)F)cc23)C1. The number of alkyl halides is 6. The van der Waals surface area contributed by atoms with Gasteiger partial charge in [-0.3, -0.25) is 0 Å². The number of thiophene rings is 2. The molecule has 4 aromatic heterocycles. The van der Waals surface area contributed by atoms with Gasteiger partial charge in [-0.25, -0.2) is 24.7 Å². The molecule has 4 heterocycles. The number of hydrogen-bond acceptors (Lipinski definition) is 11. The molecule has 2 saturated carbocycles. The summed E-state index contributed by atoms with van der Waals surface area (Å²) in [5.74, 6) is 1.13. The van der Waals surface area contributed by atoms with E-state index in [1.807, 2.05) is 0 Å². The van der Waals surface area contributed by atoms with E-state index in [9.17, 15) is 31.1 Å². The Morgan fingerprint density at radius 3 is 1.68 bits per heavy atom. The van der Waals surface area contributed by atoms with Gasteiger partial charge in [0.1, 0.15) is 39.6 Å². The van der Waals surface area contributed by atoms with Crippen LogP contribution in [0.25, 0.3) is 20.4 Å². The lowest BCUT2D eigenvalue weighted by Gasteiger charge is -2.22. The summed E-state index contributed by atoms with van der Waals surface area (Å²) in [4.78, 5) is 30.0. The number of nitrogens with zero attached hydrogens (tertiary/aromatic N) is 4. The van der Waals surface area contributed by atoms with Gasteiger partial charge in [-0.1, -0.05) is 0 Å². The Balaban J connectivity index is 0.000000229. The van der Waals surface area contributed by atoms with E-state index in [1.165, 1.54) is 24.8 Å². The zero-order valence-electron chi connectivity index (χ0n) is 27.5. The summed E-state index contributed by atoms with van der Waals surface area (Å²) in [5, 5.41) is 10.7. The number of amides is 1. The number of carbonyl (C=O) groups excluding carboxylic acids is 1. The van der Waals surface area contributed by atoms with Crippen molar-refractivity contribution in [1.29, 1.82) is 0 Å². The minimum atomic E-state index is -4.26. The van der Waals surface area contributed by atoms with Gasteiger partial charge in [0.25, 0.3) is 0 Å². The van der Waals surface area contributed by atoms with Gasteiger partial charge in [0, 0.05) is 33.9 Å². The second-order valence-corrected chi connectivity index (χ2v) is 15.5. The molecule has 2 fully saturated rings. The van der Waals surface area contributed by atoms with Crippen molar-refractivity contribution < 1.29 is 35.9 Å². The fraction of sp³-hybridized carbons (Fsp3) is 0.581. The number of alkyl carbamates (subject to hydrolysis) is 1. The van der Waals surface area contributed by atoms with E-state index in [1.54, 1.807) is 20.8 Å². The maximum Gasteiger partial charge on any atom is 0.407 e. The van der Waals surface area contributed by atoms with Gasteiger partial charge >= 0.3 is 18.4 Å². The fourth-order valence-corrected chi connectivity index (χ4v) is 7.92. The van der Waals surface area contributed by atoms with E-state index < -0.39 is 36.9 Å². The molecule has 0 aromatic carbocycles. The maximum atomic E-state index is 12.7. The molecule has 10 nitrogen and oxygen atoms in total. The maximum absolute atomic E-state index is 12.7. The Labute approximate surface area is 298 Å². The average Bonchev–Trinajstić information content (AvgIpc) is 3.74. The van der Waals surface area contributed by atoms with Crippen LogP contribution in [0.5, 0.6) is 0 Å². The van der Waals surface area contributed by atoms with Crippen LogP contribution in [0.2, 0.25) is 0 Å². The lowest BCUT2D eigenvalue weighted by atomic mass is 10.2. The van der Waals surface area contributed by atoms with E-state index in [0.29, 0.717) is 38.5 Å². The zero-order chi connectivity index (χ0) is 35.6. The Kier molecular flexibility index (Phi) is 12.6. The summed E-state index contributed by atoms with van der Waals surface area (Å²) in [5.41, 5.74) is 5.31. The third-order valence-electron chi connectivity index (χ3n) is 7.82. The summed E-state index contributed by atoms with van der Waals surface area (Å²) in [6.45, 7) is 5.42. The largest absolute Gasteiger partial charge is 0.444 e. The smallest absolute Gasteiger partial charge is 0.407 e. The van der Waals surface area contributed by atoms with Crippen molar-refractivity contribution in [2.75, 3.05) is 10.6 Å². The second-order valence-electron chi connectivity index (χ2n) is 13.3. The lowest BCUT2D eigenvalue weighted by molar-refractivity contribution is -0.127. The van der Waals surface area contributed by atoms with Crippen LogP contribution in [-0.4, -0.2) is 68.2 Å². The molecule has 0 radical (unpaired) electrons. The predicted molar refractivity (Wildman–Crippen MR) is 185 cm³/mol. The van der Waals surface area contributed by atoms with Gasteiger partial charge in [0.05, 0.1) is 23.6 Å². The van der Waals surface area contributed by atoms with E-state index in [4.69, 9.17) is 10.5 Å². The number of ether oxygens (including phenoxy) is 1. The highest BCUT2D eigenvalue weighted by atomic mass is 35.5. The molecule has 19 heteroatoms. The number of fused-ring (bicyclic) bond motifs is 2. The number of aromatic nitrogens is 4. The monoisotopic (exact) mass is 768 g/mol. The number of anilines is 2. The van der Waals surface area contributed by atoms with Crippen LogP contribution in [0.1, 0.15) is 69.1 Å². The number of carbonyl (C=O) groups is 1. The highest BCUT2D eigenvalue weighted by molar-refractivity contribution is 7.19. The Morgan fingerprint density at radius 1 is 0.780 bits per heavy atom. The fourth-order valence-electron chi connectivity index (χ4n) is 5.86. The van der Waals surface area contributed by atoms with Crippen molar-refractivity contribution in [3.63, 3.8) is 0 Å². The molecule has 0 spiro atoms. The molecular formula is C31H39ClF6N8O2S2. The summed E-state index contributed by atoms with van der Waals surface area (Å²) in [6, 6.07) is 3.48.